The van der Waals surface area contributed by atoms with Crippen LogP contribution in [0, 0.1) is 0 Å². The molecule has 0 unspecified atom stereocenters. The molecule has 0 bridgehead atoms. The first-order chi connectivity index (χ1) is 12.7. The average molecular weight is 371 g/mol. The van der Waals surface area contributed by atoms with Crippen LogP contribution in [0.15, 0.2) is 46.3 Å². The standard InChI is InChI=1S/C19H21N3O3S/c1-3-22(13-16-5-4-12-26-16)18(23)11-10-17-20-19(21-25-17)14-6-8-15(24-2)9-7-14/h4-9,12H,3,10-11,13H2,1-2H3. The van der Waals surface area contributed by atoms with Crippen molar-refractivity contribution in [2.45, 2.75) is 26.3 Å². The summed E-state index contributed by atoms with van der Waals surface area (Å²) in [6, 6.07) is 11.5. The zero-order valence-corrected chi connectivity index (χ0v) is 15.7. The molecule has 0 aliphatic heterocycles. The molecule has 1 amide bonds. The molecule has 0 spiro atoms. The van der Waals surface area contributed by atoms with Crippen LogP contribution in [0.25, 0.3) is 11.4 Å². The van der Waals surface area contributed by atoms with E-state index in [9.17, 15) is 4.79 Å². The minimum Gasteiger partial charge on any atom is -0.497 e. The van der Waals surface area contributed by atoms with Crippen LogP contribution in [0.2, 0.25) is 0 Å². The minimum absolute atomic E-state index is 0.0881. The molecule has 3 aromatic rings. The molecule has 0 saturated carbocycles. The van der Waals surface area contributed by atoms with Crippen molar-refractivity contribution in [3.05, 3.63) is 52.5 Å². The fourth-order valence-corrected chi connectivity index (χ4v) is 3.27. The number of aromatic nitrogens is 2. The van der Waals surface area contributed by atoms with Gasteiger partial charge >= 0.3 is 0 Å². The van der Waals surface area contributed by atoms with Gasteiger partial charge in [-0.25, -0.2) is 0 Å². The smallest absolute Gasteiger partial charge is 0.227 e. The van der Waals surface area contributed by atoms with E-state index in [0.717, 1.165) is 11.3 Å². The Hall–Kier alpha value is -2.67. The van der Waals surface area contributed by atoms with E-state index in [2.05, 4.69) is 10.1 Å². The fourth-order valence-electron chi connectivity index (χ4n) is 2.55. The summed E-state index contributed by atoms with van der Waals surface area (Å²) < 4.78 is 10.4. The van der Waals surface area contributed by atoms with Gasteiger partial charge in [-0.3, -0.25) is 4.79 Å². The van der Waals surface area contributed by atoms with E-state index in [1.807, 2.05) is 53.6 Å². The molecule has 3 rings (SSSR count). The van der Waals surface area contributed by atoms with Gasteiger partial charge in [0.15, 0.2) is 0 Å². The summed E-state index contributed by atoms with van der Waals surface area (Å²) in [5.41, 5.74) is 0.847. The maximum atomic E-state index is 12.4. The number of thiophene rings is 1. The number of hydrogen-bond acceptors (Lipinski definition) is 6. The molecule has 2 aromatic heterocycles. The Labute approximate surface area is 156 Å². The Morgan fingerprint density at radius 1 is 1.27 bits per heavy atom. The van der Waals surface area contributed by atoms with Crippen LogP contribution >= 0.6 is 11.3 Å². The number of rotatable bonds is 8. The SMILES string of the molecule is CCN(Cc1cccs1)C(=O)CCc1nc(-c2ccc(OC)cc2)no1. The molecule has 26 heavy (non-hydrogen) atoms. The zero-order chi connectivity index (χ0) is 18.4. The van der Waals surface area contributed by atoms with Gasteiger partial charge in [-0.05, 0) is 42.6 Å². The second-order valence-electron chi connectivity index (χ2n) is 5.73. The number of amides is 1. The predicted octanol–water partition coefficient (Wildman–Crippen LogP) is 3.79. The maximum Gasteiger partial charge on any atom is 0.227 e. The average Bonchev–Trinajstić information content (AvgIpc) is 3.36. The number of carbonyl (C=O) groups excluding carboxylic acids is 1. The lowest BCUT2D eigenvalue weighted by Gasteiger charge is -2.19. The molecule has 2 heterocycles. The van der Waals surface area contributed by atoms with Gasteiger partial charge in [0.2, 0.25) is 17.6 Å². The minimum atomic E-state index is 0.0881. The van der Waals surface area contributed by atoms with Crippen LogP contribution in [-0.4, -0.2) is 34.6 Å². The third-order valence-electron chi connectivity index (χ3n) is 4.03. The van der Waals surface area contributed by atoms with Crippen molar-refractivity contribution in [1.29, 1.82) is 0 Å². The molecule has 0 N–H and O–H groups in total. The highest BCUT2D eigenvalue weighted by molar-refractivity contribution is 7.09. The van der Waals surface area contributed by atoms with Crippen molar-refractivity contribution >= 4 is 17.2 Å². The van der Waals surface area contributed by atoms with E-state index in [1.165, 1.54) is 4.88 Å². The molecule has 0 aliphatic carbocycles. The fraction of sp³-hybridized carbons (Fsp3) is 0.316. The molecule has 1 aromatic carbocycles. The lowest BCUT2D eigenvalue weighted by molar-refractivity contribution is -0.131. The number of methoxy groups -OCH3 is 1. The van der Waals surface area contributed by atoms with Gasteiger partial charge in [-0.15, -0.1) is 11.3 Å². The van der Waals surface area contributed by atoms with Gasteiger partial charge in [0.1, 0.15) is 5.75 Å². The van der Waals surface area contributed by atoms with Crippen LogP contribution in [-0.2, 0) is 17.8 Å². The van der Waals surface area contributed by atoms with Gasteiger partial charge in [-0.2, -0.15) is 4.98 Å². The van der Waals surface area contributed by atoms with Crippen molar-refractivity contribution in [2.24, 2.45) is 0 Å². The number of ether oxygens (including phenoxy) is 1. The number of hydrogen-bond donors (Lipinski definition) is 0. The molecule has 6 nitrogen and oxygen atoms in total. The van der Waals surface area contributed by atoms with Gasteiger partial charge in [0.25, 0.3) is 0 Å². The third-order valence-corrected chi connectivity index (χ3v) is 4.89. The van der Waals surface area contributed by atoms with E-state index in [1.54, 1.807) is 18.4 Å². The first kappa shape index (κ1) is 18.1. The molecule has 0 fully saturated rings. The second kappa shape index (κ2) is 8.62. The number of carbonyl (C=O) groups is 1. The van der Waals surface area contributed by atoms with Gasteiger partial charge in [0, 0.05) is 29.8 Å². The zero-order valence-electron chi connectivity index (χ0n) is 14.8. The Morgan fingerprint density at radius 2 is 2.08 bits per heavy atom. The highest BCUT2D eigenvalue weighted by atomic mass is 32.1. The van der Waals surface area contributed by atoms with E-state index in [4.69, 9.17) is 9.26 Å². The second-order valence-corrected chi connectivity index (χ2v) is 6.76. The van der Waals surface area contributed by atoms with E-state index in [0.29, 0.717) is 37.6 Å². The van der Waals surface area contributed by atoms with Gasteiger partial charge < -0.3 is 14.2 Å². The van der Waals surface area contributed by atoms with E-state index >= 15 is 0 Å². The van der Waals surface area contributed by atoms with Crippen molar-refractivity contribution in [3.63, 3.8) is 0 Å². The van der Waals surface area contributed by atoms with Crippen molar-refractivity contribution in [1.82, 2.24) is 15.0 Å². The predicted molar refractivity (Wildman–Crippen MR) is 100 cm³/mol. The number of benzene rings is 1. The summed E-state index contributed by atoms with van der Waals surface area (Å²) in [6.07, 6.45) is 0.784. The normalized spacial score (nSPS) is 10.7. The summed E-state index contributed by atoms with van der Waals surface area (Å²) in [4.78, 5) is 19.8. The van der Waals surface area contributed by atoms with Crippen molar-refractivity contribution in [2.75, 3.05) is 13.7 Å². The maximum absolute atomic E-state index is 12.4. The lowest BCUT2D eigenvalue weighted by atomic mass is 10.2. The van der Waals surface area contributed by atoms with E-state index in [-0.39, 0.29) is 5.91 Å². The lowest BCUT2D eigenvalue weighted by Crippen LogP contribution is -2.30. The van der Waals surface area contributed by atoms with Crippen molar-refractivity contribution < 1.29 is 14.1 Å². The van der Waals surface area contributed by atoms with Crippen LogP contribution in [0.5, 0.6) is 5.75 Å². The van der Waals surface area contributed by atoms with Crippen LogP contribution < -0.4 is 4.74 Å². The van der Waals surface area contributed by atoms with Gasteiger partial charge in [0.05, 0.1) is 13.7 Å². The molecular weight excluding hydrogens is 350 g/mol. The highest BCUT2D eigenvalue weighted by Crippen LogP contribution is 2.20. The molecular formula is C19H21N3O3S. The third kappa shape index (κ3) is 4.49. The topological polar surface area (TPSA) is 68.5 Å². The summed E-state index contributed by atoms with van der Waals surface area (Å²) >= 11 is 1.66. The van der Waals surface area contributed by atoms with Crippen LogP contribution in [0.4, 0.5) is 0 Å². The Morgan fingerprint density at radius 3 is 2.73 bits per heavy atom. The molecule has 0 radical (unpaired) electrons. The Bertz CT molecular complexity index is 828. The Kier molecular flexibility index (Phi) is 6.01. The summed E-state index contributed by atoms with van der Waals surface area (Å²) in [6.45, 7) is 3.31. The number of nitrogens with zero attached hydrogens (tertiary/aromatic N) is 3. The highest BCUT2D eigenvalue weighted by Gasteiger charge is 2.15. The molecule has 0 saturated heterocycles. The monoisotopic (exact) mass is 371 g/mol. The summed E-state index contributed by atoms with van der Waals surface area (Å²) in [5, 5.41) is 6.02. The molecule has 0 aliphatic rings. The molecule has 136 valence electrons. The van der Waals surface area contributed by atoms with Crippen LogP contribution in [0.3, 0.4) is 0 Å². The van der Waals surface area contributed by atoms with E-state index < -0.39 is 0 Å². The first-order valence-electron chi connectivity index (χ1n) is 8.46. The van der Waals surface area contributed by atoms with Gasteiger partial charge in [-0.1, -0.05) is 11.2 Å². The molecule has 7 heteroatoms. The van der Waals surface area contributed by atoms with Crippen molar-refractivity contribution in [3.8, 4) is 17.1 Å². The summed E-state index contributed by atoms with van der Waals surface area (Å²) in [7, 11) is 1.62. The Balaban J connectivity index is 1.57. The number of aryl methyl sites for hydroxylation is 1. The van der Waals surface area contributed by atoms with Crippen LogP contribution in [0.1, 0.15) is 24.1 Å². The first-order valence-corrected chi connectivity index (χ1v) is 9.34. The largest absolute Gasteiger partial charge is 0.497 e. The quantitative estimate of drug-likeness (QED) is 0.603. The molecule has 0 atom stereocenters. The summed E-state index contributed by atoms with van der Waals surface area (Å²) in [5.74, 6) is 1.84.